The number of likely N-dealkylation sites (N-methyl/N-ethyl adjacent to an activating group) is 1. The Morgan fingerprint density at radius 3 is 2.68 bits per heavy atom. The minimum Gasteiger partial charge on any atom is -0.368 e. The number of anilines is 2. The number of rotatable bonds is 3. The van der Waals surface area contributed by atoms with Gasteiger partial charge in [-0.2, -0.15) is 5.10 Å². The van der Waals surface area contributed by atoms with Gasteiger partial charge in [-0.15, -0.1) is 5.10 Å². The van der Waals surface area contributed by atoms with Crippen LogP contribution in [-0.4, -0.2) is 41.4 Å². The van der Waals surface area contributed by atoms with Gasteiger partial charge in [-0.1, -0.05) is 0 Å². The number of hydrogen-bond acceptors (Lipinski definition) is 5. The molecule has 0 bridgehead atoms. The quantitative estimate of drug-likeness (QED) is 0.867. The Hall–Kier alpha value is -2.17. The predicted molar refractivity (Wildman–Crippen MR) is 87.3 cm³/mol. The van der Waals surface area contributed by atoms with Crippen LogP contribution >= 0.6 is 0 Å². The summed E-state index contributed by atoms with van der Waals surface area (Å²) < 4.78 is 0. The van der Waals surface area contributed by atoms with Crippen molar-refractivity contribution in [1.82, 2.24) is 15.2 Å². The normalized spacial score (nSPS) is 17.8. The first kappa shape index (κ1) is 13.5. The first-order chi connectivity index (χ1) is 10.8. The zero-order chi connectivity index (χ0) is 14.9. The lowest BCUT2D eigenvalue weighted by molar-refractivity contribution is 0.489. The minimum atomic E-state index is 0.528. The summed E-state index contributed by atoms with van der Waals surface area (Å²) in [5.41, 5.74) is 3.83. The van der Waals surface area contributed by atoms with E-state index in [1.165, 1.54) is 29.8 Å². The van der Waals surface area contributed by atoms with Crippen molar-refractivity contribution in [3.8, 4) is 0 Å². The molecule has 0 radical (unpaired) electrons. The summed E-state index contributed by atoms with van der Waals surface area (Å²) in [4.78, 5) is 8.73. The monoisotopic (exact) mass is 295 g/mol. The molecule has 0 aromatic carbocycles. The first-order valence-corrected chi connectivity index (χ1v) is 8.04. The van der Waals surface area contributed by atoms with E-state index in [-0.39, 0.29) is 0 Å². The van der Waals surface area contributed by atoms with Crippen LogP contribution in [0, 0.1) is 0 Å². The van der Waals surface area contributed by atoms with E-state index < -0.39 is 0 Å². The molecule has 4 rings (SSSR count). The molecule has 0 spiro atoms. The molecule has 2 aliphatic rings. The van der Waals surface area contributed by atoms with Crippen molar-refractivity contribution in [2.24, 2.45) is 0 Å². The molecular formula is C17H21N5. The molecule has 22 heavy (non-hydrogen) atoms. The summed E-state index contributed by atoms with van der Waals surface area (Å²) in [6.45, 7) is 2.01. The number of pyridine rings is 1. The van der Waals surface area contributed by atoms with E-state index in [2.05, 4.69) is 50.2 Å². The summed E-state index contributed by atoms with van der Waals surface area (Å²) in [5, 5.41) is 8.86. The fourth-order valence-electron chi connectivity index (χ4n) is 3.31. The number of fused-ring (bicyclic) bond motifs is 1. The lowest BCUT2D eigenvalue weighted by Gasteiger charge is -2.45. The molecule has 0 amide bonds. The summed E-state index contributed by atoms with van der Waals surface area (Å²) in [6, 6.07) is 6.90. The van der Waals surface area contributed by atoms with E-state index >= 15 is 0 Å². The highest BCUT2D eigenvalue weighted by molar-refractivity contribution is 5.51. The van der Waals surface area contributed by atoms with E-state index in [4.69, 9.17) is 0 Å². The number of aromatic nitrogens is 3. The van der Waals surface area contributed by atoms with Gasteiger partial charge in [-0.3, -0.25) is 4.98 Å². The van der Waals surface area contributed by atoms with Crippen molar-refractivity contribution < 1.29 is 0 Å². The second-order valence-electron chi connectivity index (χ2n) is 6.26. The number of hydrogen-bond donors (Lipinski definition) is 0. The van der Waals surface area contributed by atoms with Gasteiger partial charge < -0.3 is 9.80 Å². The van der Waals surface area contributed by atoms with Crippen LogP contribution < -0.4 is 9.80 Å². The largest absolute Gasteiger partial charge is 0.368 e. The van der Waals surface area contributed by atoms with Gasteiger partial charge in [0.15, 0.2) is 5.82 Å². The van der Waals surface area contributed by atoms with Gasteiger partial charge >= 0.3 is 0 Å². The molecule has 1 fully saturated rings. The Morgan fingerprint density at radius 1 is 1.09 bits per heavy atom. The molecule has 0 atom stereocenters. The Kier molecular flexibility index (Phi) is 3.41. The lowest BCUT2D eigenvalue weighted by Crippen LogP contribution is -2.59. The molecule has 1 aliphatic carbocycles. The standard InChI is InChI=1S/C17H21N5/c1-21(14-6-8-18-9-7-14)15-11-22(12-15)17-10-13-4-2-3-5-16(13)19-20-17/h6-10,15H,2-5,11-12H2,1H3. The van der Waals surface area contributed by atoms with Crippen molar-refractivity contribution in [2.45, 2.75) is 31.7 Å². The number of nitrogens with zero attached hydrogens (tertiary/aromatic N) is 5. The Labute approximate surface area is 131 Å². The van der Waals surface area contributed by atoms with Gasteiger partial charge in [-0.05, 0) is 49.4 Å². The molecule has 5 nitrogen and oxygen atoms in total. The zero-order valence-electron chi connectivity index (χ0n) is 12.9. The van der Waals surface area contributed by atoms with Gasteiger partial charge in [0.05, 0.1) is 11.7 Å². The highest BCUT2D eigenvalue weighted by Gasteiger charge is 2.31. The molecule has 2 aromatic heterocycles. The maximum atomic E-state index is 4.44. The van der Waals surface area contributed by atoms with Gasteiger partial charge in [-0.25, -0.2) is 0 Å². The number of aryl methyl sites for hydroxylation is 2. The summed E-state index contributed by atoms with van der Waals surface area (Å²) in [6.07, 6.45) is 8.48. The smallest absolute Gasteiger partial charge is 0.151 e. The fourth-order valence-corrected chi connectivity index (χ4v) is 3.31. The second kappa shape index (κ2) is 5.55. The highest BCUT2D eigenvalue weighted by Crippen LogP contribution is 2.27. The topological polar surface area (TPSA) is 45.2 Å². The molecular weight excluding hydrogens is 274 g/mol. The van der Waals surface area contributed by atoms with Crippen LogP contribution in [0.25, 0.3) is 0 Å². The molecule has 3 heterocycles. The zero-order valence-corrected chi connectivity index (χ0v) is 12.9. The molecule has 0 unspecified atom stereocenters. The molecule has 2 aromatic rings. The van der Waals surface area contributed by atoms with Gasteiger partial charge in [0.2, 0.25) is 0 Å². The minimum absolute atomic E-state index is 0.528. The first-order valence-electron chi connectivity index (χ1n) is 8.04. The maximum Gasteiger partial charge on any atom is 0.151 e. The van der Waals surface area contributed by atoms with Crippen LogP contribution in [0.2, 0.25) is 0 Å². The van der Waals surface area contributed by atoms with E-state index in [1.54, 1.807) is 0 Å². The van der Waals surface area contributed by atoms with Crippen LogP contribution in [0.15, 0.2) is 30.6 Å². The Morgan fingerprint density at radius 2 is 1.86 bits per heavy atom. The van der Waals surface area contributed by atoms with Gasteiger partial charge in [0.1, 0.15) is 0 Å². The molecule has 0 saturated carbocycles. The van der Waals surface area contributed by atoms with Crippen molar-refractivity contribution in [3.63, 3.8) is 0 Å². The van der Waals surface area contributed by atoms with Crippen molar-refractivity contribution in [3.05, 3.63) is 41.9 Å². The lowest BCUT2D eigenvalue weighted by atomic mass is 9.96. The van der Waals surface area contributed by atoms with Crippen LogP contribution in [0.3, 0.4) is 0 Å². The van der Waals surface area contributed by atoms with Crippen LogP contribution in [0.5, 0.6) is 0 Å². The fraction of sp³-hybridized carbons (Fsp3) is 0.471. The average molecular weight is 295 g/mol. The summed E-state index contributed by atoms with van der Waals surface area (Å²) in [7, 11) is 2.15. The highest BCUT2D eigenvalue weighted by atomic mass is 15.4. The second-order valence-corrected chi connectivity index (χ2v) is 6.26. The van der Waals surface area contributed by atoms with Crippen molar-refractivity contribution in [1.29, 1.82) is 0 Å². The predicted octanol–water partition coefficient (Wildman–Crippen LogP) is 2.08. The van der Waals surface area contributed by atoms with Crippen LogP contribution in [0.4, 0.5) is 11.5 Å². The Bertz CT molecular complexity index is 651. The third kappa shape index (κ3) is 2.40. The van der Waals surface area contributed by atoms with E-state index in [0.717, 1.165) is 31.7 Å². The Balaban J connectivity index is 1.43. The van der Waals surface area contributed by atoms with E-state index in [0.29, 0.717) is 6.04 Å². The summed E-state index contributed by atoms with van der Waals surface area (Å²) in [5.74, 6) is 1.04. The molecule has 1 saturated heterocycles. The van der Waals surface area contributed by atoms with Crippen LogP contribution in [-0.2, 0) is 12.8 Å². The molecule has 114 valence electrons. The molecule has 5 heteroatoms. The third-order valence-electron chi connectivity index (χ3n) is 4.86. The maximum absolute atomic E-state index is 4.44. The van der Waals surface area contributed by atoms with E-state index in [9.17, 15) is 0 Å². The van der Waals surface area contributed by atoms with Crippen LogP contribution in [0.1, 0.15) is 24.1 Å². The van der Waals surface area contributed by atoms with Gasteiger partial charge in [0.25, 0.3) is 0 Å². The summed E-state index contributed by atoms with van der Waals surface area (Å²) >= 11 is 0. The third-order valence-corrected chi connectivity index (χ3v) is 4.86. The van der Waals surface area contributed by atoms with E-state index in [1.807, 2.05) is 12.4 Å². The molecule has 0 N–H and O–H groups in total. The SMILES string of the molecule is CN(c1ccncc1)C1CN(c2cc3c(nn2)CCCC3)C1. The van der Waals surface area contributed by atoms with Gasteiger partial charge in [0, 0.05) is 38.2 Å². The van der Waals surface area contributed by atoms with Crippen molar-refractivity contribution in [2.75, 3.05) is 29.9 Å². The molecule has 1 aliphatic heterocycles. The average Bonchev–Trinajstić information content (AvgIpc) is 2.54. The van der Waals surface area contributed by atoms with Crippen molar-refractivity contribution >= 4 is 11.5 Å².